The maximum Gasteiger partial charge on any atom is 0.335 e. The van der Waals surface area contributed by atoms with Gasteiger partial charge in [0.15, 0.2) is 0 Å². The number of anilines is 1. The number of carboxylic acids is 1. The number of carbonyl (C=O) groups is 1. The number of carboxylic acid groups (broad SMARTS) is 1. The molecule has 4 nitrogen and oxygen atoms in total. The highest BCUT2D eigenvalue weighted by atomic mass is 16.4. The van der Waals surface area contributed by atoms with Gasteiger partial charge >= 0.3 is 5.97 Å². The standard InChI is InChI=1S/C14H22N2O2/c1-5-11(6-2)15-13-8-10(14(17)18)7-12(16-13)9(3)4/h7-9,11H,5-6H2,1-4H3,(H,15,16)(H,17,18). The molecule has 1 rings (SSSR count). The molecule has 0 spiro atoms. The molecular formula is C14H22N2O2. The lowest BCUT2D eigenvalue weighted by atomic mass is 10.1. The molecule has 0 bridgehead atoms. The summed E-state index contributed by atoms with van der Waals surface area (Å²) < 4.78 is 0. The molecule has 0 aliphatic heterocycles. The average Bonchev–Trinajstić information content (AvgIpc) is 2.35. The molecule has 4 heteroatoms. The number of hydrogen-bond donors (Lipinski definition) is 2. The topological polar surface area (TPSA) is 62.2 Å². The lowest BCUT2D eigenvalue weighted by molar-refractivity contribution is 0.0696. The molecule has 0 aromatic carbocycles. The fourth-order valence-corrected chi connectivity index (χ4v) is 1.75. The molecule has 0 fully saturated rings. The maximum atomic E-state index is 11.1. The van der Waals surface area contributed by atoms with Crippen molar-refractivity contribution in [1.82, 2.24) is 4.98 Å². The van der Waals surface area contributed by atoms with Crippen LogP contribution in [0.2, 0.25) is 0 Å². The zero-order chi connectivity index (χ0) is 13.7. The molecule has 1 heterocycles. The van der Waals surface area contributed by atoms with Crippen molar-refractivity contribution in [2.24, 2.45) is 0 Å². The van der Waals surface area contributed by atoms with Gasteiger partial charge in [0.25, 0.3) is 0 Å². The van der Waals surface area contributed by atoms with Crippen molar-refractivity contribution in [3.05, 3.63) is 23.4 Å². The van der Waals surface area contributed by atoms with Gasteiger partial charge in [0.2, 0.25) is 0 Å². The van der Waals surface area contributed by atoms with E-state index >= 15 is 0 Å². The summed E-state index contributed by atoms with van der Waals surface area (Å²) in [6.45, 7) is 8.22. The largest absolute Gasteiger partial charge is 0.478 e. The Kier molecular flexibility index (Phi) is 5.13. The molecule has 0 unspecified atom stereocenters. The third-order valence-corrected chi connectivity index (χ3v) is 3.02. The van der Waals surface area contributed by atoms with Crippen LogP contribution >= 0.6 is 0 Å². The second-order valence-electron chi connectivity index (χ2n) is 4.78. The first-order chi connectivity index (χ1) is 8.47. The van der Waals surface area contributed by atoms with Gasteiger partial charge in [0, 0.05) is 11.7 Å². The first-order valence-corrected chi connectivity index (χ1v) is 6.49. The van der Waals surface area contributed by atoms with Gasteiger partial charge in [-0.25, -0.2) is 9.78 Å². The van der Waals surface area contributed by atoms with E-state index in [4.69, 9.17) is 5.11 Å². The minimum absolute atomic E-state index is 0.214. The molecule has 0 aliphatic carbocycles. The van der Waals surface area contributed by atoms with Crippen LogP contribution in [0, 0.1) is 0 Å². The van der Waals surface area contributed by atoms with E-state index < -0.39 is 5.97 Å². The van der Waals surface area contributed by atoms with Gasteiger partial charge in [-0.15, -0.1) is 0 Å². The van der Waals surface area contributed by atoms with E-state index in [1.165, 1.54) is 0 Å². The van der Waals surface area contributed by atoms with Crippen molar-refractivity contribution < 1.29 is 9.90 Å². The second kappa shape index (κ2) is 6.38. The van der Waals surface area contributed by atoms with Gasteiger partial charge in [-0.05, 0) is 30.9 Å². The summed E-state index contributed by atoms with van der Waals surface area (Å²) in [4.78, 5) is 15.6. The SMILES string of the molecule is CCC(CC)Nc1cc(C(=O)O)cc(C(C)C)n1. The Balaban J connectivity index is 3.06. The van der Waals surface area contributed by atoms with E-state index in [9.17, 15) is 4.79 Å². The van der Waals surface area contributed by atoms with Crippen molar-refractivity contribution in [2.45, 2.75) is 52.5 Å². The van der Waals surface area contributed by atoms with Gasteiger partial charge in [0.05, 0.1) is 5.56 Å². The van der Waals surface area contributed by atoms with Crippen LogP contribution in [0.4, 0.5) is 5.82 Å². The Labute approximate surface area is 108 Å². The number of pyridine rings is 1. The maximum absolute atomic E-state index is 11.1. The van der Waals surface area contributed by atoms with Gasteiger partial charge in [-0.3, -0.25) is 0 Å². The van der Waals surface area contributed by atoms with Crippen molar-refractivity contribution in [3.63, 3.8) is 0 Å². The van der Waals surface area contributed by atoms with Gasteiger partial charge < -0.3 is 10.4 Å². The smallest absolute Gasteiger partial charge is 0.335 e. The summed E-state index contributed by atoms with van der Waals surface area (Å²) in [5.41, 5.74) is 1.10. The normalized spacial score (nSPS) is 11.0. The van der Waals surface area contributed by atoms with Crippen LogP contribution in [0.25, 0.3) is 0 Å². The van der Waals surface area contributed by atoms with Gasteiger partial charge in [-0.1, -0.05) is 27.7 Å². The highest BCUT2D eigenvalue weighted by molar-refractivity contribution is 5.88. The Morgan fingerprint density at radius 2 is 1.94 bits per heavy atom. The number of nitrogens with zero attached hydrogens (tertiary/aromatic N) is 1. The molecule has 100 valence electrons. The third kappa shape index (κ3) is 3.72. The average molecular weight is 250 g/mol. The predicted octanol–water partition coefficient (Wildman–Crippen LogP) is 3.50. The number of nitrogens with one attached hydrogen (secondary N) is 1. The molecule has 0 amide bonds. The number of rotatable bonds is 6. The summed E-state index contributed by atoms with van der Waals surface area (Å²) in [7, 11) is 0. The van der Waals surface area contributed by atoms with Crippen molar-refractivity contribution in [2.75, 3.05) is 5.32 Å². The fourth-order valence-electron chi connectivity index (χ4n) is 1.75. The van der Waals surface area contributed by atoms with Crippen molar-refractivity contribution in [1.29, 1.82) is 0 Å². The molecule has 0 aliphatic rings. The van der Waals surface area contributed by atoms with E-state index in [0.717, 1.165) is 18.5 Å². The van der Waals surface area contributed by atoms with E-state index in [0.29, 0.717) is 17.4 Å². The number of aromatic carboxylic acids is 1. The highest BCUT2D eigenvalue weighted by Crippen LogP contribution is 2.19. The third-order valence-electron chi connectivity index (χ3n) is 3.02. The molecule has 18 heavy (non-hydrogen) atoms. The Hall–Kier alpha value is -1.58. The molecule has 0 saturated carbocycles. The fraction of sp³-hybridized carbons (Fsp3) is 0.571. The first-order valence-electron chi connectivity index (χ1n) is 6.49. The van der Waals surface area contributed by atoms with Gasteiger partial charge in [0.1, 0.15) is 5.82 Å². The molecule has 1 aromatic rings. The minimum Gasteiger partial charge on any atom is -0.478 e. The second-order valence-corrected chi connectivity index (χ2v) is 4.78. The highest BCUT2D eigenvalue weighted by Gasteiger charge is 2.12. The summed E-state index contributed by atoms with van der Waals surface area (Å²) in [6, 6.07) is 3.58. The summed E-state index contributed by atoms with van der Waals surface area (Å²) in [5.74, 6) is -0.0363. The van der Waals surface area contributed by atoms with E-state index in [1.807, 2.05) is 13.8 Å². The Morgan fingerprint density at radius 1 is 1.33 bits per heavy atom. The van der Waals surface area contributed by atoms with Crippen LogP contribution in [0.5, 0.6) is 0 Å². The van der Waals surface area contributed by atoms with E-state index in [1.54, 1.807) is 12.1 Å². The monoisotopic (exact) mass is 250 g/mol. The van der Waals surface area contributed by atoms with Crippen LogP contribution in [-0.4, -0.2) is 22.1 Å². The molecule has 1 aromatic heterocycles. The lowest BCUT2D eigenvalue weighted by Gasteiger charge is -2.17. The quantitative estimate of drug-likeness (QED) is 0.811. The molecular weight excluding hydrogens is 228 g/mol. The molecule has 0 radical (unpaired) electrons. The number of aromatic nitrogens is 1. The number of hydrogen-bond acceptors (Lipinski definition) is 3. The van der Waals surface area contributed by atoms with Crippen LogP contribution in [0.3, 0.4) is 0 Å². The van der Waals surface area contributed by atoms with Crippen LogP contribution < -0.4 is 5.32 Å². The zero-order valence-corrected chi connectivity index (χ0v) is 11.5. The summed E-state index contributed by atoms with van der Waals surface area (Å²) in [5, 5.41) is 12.4. The van der Waals surface area contributed by atoms with Crippen LogP contribution in [0.1, 0.15) is 62.5 Å². The lowest BCUT2D eigenvalue weighted by Crippen LogP contribution is -2.19. The van der Waals surface area contributed by atoms with Gasteiger partial charge in [-0.2, -0.15) is 0 Å². The first kappa shape index (κ1) is 14.5. The Morgan fingerprint density at radius 3 is 2.39 bits per heavy atom. The summed E-state index contributed by atoms with van der Waals surface area (Å²) in [6.07, 6.45) is 1.99. The molecule has 0 saturated heterocycles. The summed E-state index contributed by atoms with van der Waals surface area (Å²) >= 11 is 0. The van der Waals surface area contributed by atoms with Crippen LogP contribution in [0.15, 0.2) is 12.1 Å². The van der Waals surface area contributed by atoms with E-state index in [2.05, 4.69) is 24.1 Å². The van der Waals surface area contributed by atoms with E-state index in [-0.39, 0.29) is 5.92 Å². The zero-order valence-electron chi connectivity index (χ0n) is 11.5. The van der Waals surface area contributed by atoms with Crippen molar-refractivity contribution >= 4 is 11.8 Å². The van der Waals surface area contributed by atoms with Crippen molar-refractivity contribution in [3.8, 4) is 0 Å². The minimum atomic E-state index is -0.910. The Bertz CT molecular complexity index is 412. The predicted molar refractivity (Wildman–Crippen MR) is 73.3 cm³/mol. The molecule has 2 N–H and O–H groups in total. The molecule has 0 atom stereocenters. The van der Waals surface area contributed by atoms with Crippen LogP contribution in [-0.2, 0) is 0 Å².